The van der Waals surface area contributed by atoms with Crippen molar-refractivity contribution in [1.82, 2.24) is 19.5 Å². The molecule has 0 radical (unpaired) electrons. The summed E-state index contributed by atoms with van der Waals surface area (Å²) in [6.45, 7) is 0.565. The van der Waals surface area contributed by atoms with E-state index in [2.05, 4.69) is 27.1 Å². The van der Waals surface area contributed by atoms with Gasteiger partial charge in [-0.25, -0.2) is 4.98 Å². The molecule has 2 N–H and O–H groups in total. The first-order valence-corrected chi connectivity index (χ1v) is 8.49. The molecule has 0 aromatic heterocycles. The Morgan fingerprint density at radius 2 is 1.89 bits per heavy atom. The quantitative estimate of drug-likeness (QED) is 0.587. The number of fused-ring (bicyclic) bond motifs is 1. The highest BCUT2D eigenvalue weighted by Crippen LogP contribution is 2.22. The highest BCUT2D eigenvalue weighted by Gasteiger charge is 2.16. The summed E-state index contributed by atoms with van der Waals surface area (Å²) in [6.07, 6.45) is 4.07. The van der Waals surface area contributed by atoms with Crippen LogP contribution in [0, 0.1) is 0 Å². The number of hydrogen-bond acceptors (Lipinski definition) is 6. The molecule has 7 heteroatoms. The number of rotatable bonds is 5. The van der Waals surface area contributed by atoms with Crippen LogP contribution >= 0.6 is 0 Å². The maximum absolute atomic E-state index is 12.0. The molecule has 2 aliphatic heterocycles. The van der Waals surface area contributed by atoms with Gasteiger partial charge in [-0.2, -0.15) is 9.97 Å². The van der Waals surface area contributed by atoms with Crippen LogP contribution in [0.3, 0.4) is 0 Å². The number of benzene rings is 2. The first kappa shape index (κ1) is 16.7. The van der Waals surface area contributed by atoms with Gasteiger partial charge in [0, 0.05) is 24.9 Å². The molecule has 0 spiro atoms. The van der Waals surface area contributed by atoms with Gasteiger partial charge in [-0.1, -0.05) is 36.4 Å². The fraction of sp³-hybridized carbons (Fsp3) is 0.100. The molecule has 4 rings (SSSR count). The fourth-order valence-corrected chi connectivity index (χ4v) is 2.83. The molecular weight excluding hydrogens is 342 g/mol. The van der Waals surface area contributed by atoms with E-state index in [1.807, 2.05) is 42.5 Å². The number of aromatic nitrogens is 4. The highest BCUT2D eigenvalue weighted by atomic mass is 16.5. The van der Waals surface area contributed by atoms with Crippen LogP contribution in [0.5, 0.6) is 5.75 Å². The molecule has 2 aliphatic rings. The van der Waals surface area contributed by atoms with Crippen molar-refractivity contribution in [3.8, 4) is 23.0 Å². The second kappa shape index (κ2) is 7.25. The Balaban J connectivity index is 1.59. The van der Waals surface area contributed by atoms with Crippen molar-refractivity contribution in [1.29, 1.82) is 0 Å². The minimum Gasteiger partial charge on any atom is -0.493 e. The molecule has 0 saturated carbocycles. The van der Waals surface area contributed by atoms with Gasteiger partial charge in [0.2, 0.25) is 5.95 Å². The Morgan fingerprint density at radius 1 is 1.04 bits per heavy atom. The number of hydrogen-bond donors (Lipinski definition) is 1. The molecule has 2 aromatic rings. The van der Waals surface area contributed by atoms with E-state index in [9.17, 15) is 4.79 Å². The van der Waals surface area contributed by atoms with E-state index >= 15 is 0 Å². The third-order valence-electron chi connectivity index (χ3n) is 4.10. The van der Waals surface area contributed by atoms with E-state index in [1.165, 1.54) is 11.8 Å². The summed E-state index contributed by atoms with van der Waals surface area (Å²) >= 11 is 0. The molecule has 0 unspecified atom stereocenters. The van der Waals surface area contributed by atoms with Gasteiger partial charge in [-0.3, -0.25) is 9.36 Å². The second-order valence-corrected chi connectivity index (χ2v) is 5.94. The maximum Gasteiger partial charge on any atom is 0.302 e. The predicted molar refractivity (Wildman–Crippen MR) is 102 cm³/mol. The standard InChI is InChI=1S/C20H17N5O2/c21-20-23-18-17(19(26)24-20)22-10-11-25(18)15-7-4-8-16(13-15)27-12-9-14-5-2-1-3-6-14/h1-8,10-11,13H,9,12H2,(H2,21,24,26). The summed E-state index contributed by atoms with van der Waals surface area (Å²) in [5, 5.41) is 0. The average Bonchev–Trinajstić information content (AvgIpc) is 2.69. The zero-order valence-electron chi connectivity index (χ0n) is 14.4. The van der Waals surface area contributed by atoms with Crippen molar-refractivity contribution in [3.63, 3.8) is 0 Å². The lowest BCUT2D eigenvalue weighted by molar-refractivity contribution is 0.322. The molecule has 0 atom stereocenters. The summed E-state index contributed by atoms with van der Waals surface area (Å²) in [7, 11) is 0. The smallest absolute Gasteiger partial charge is 0.302 e. The van der Waals surface area contributed by atoms with E-state index in [-0.39, 0.29) is 11.6 Å². The van der Waals surface area contributed by atoms with Gasteiger partial charge in [0.05, 0.1) is 12.3 Å². The van der Waals surface area contributed by atoms with E-state index in [0.29, 0.717) is 12.4 Å². The maximum atomic E-state index is 12.0. The lowest BCUT2D eigenvalue weighted by Gasteiger charge is -2.14. The summed E-state index contributed by atoms with van der Waals surface area (Å²) < 4.78 is 7.63. The lowest BCUT2D eigenvalue weighted by atomic mass is 10.2. The molecule has 2 heterocycles. The predicted octanol–water partition coefficient (Wildman–Crippen LogP) is 2.33. The lowest BCUT2D eigenvalue weighted by Crippen LogP contribution is -2.20. The van der Waals surface area contributed by atoms with E-state index in [4.69, 9.17) is 10.5 Å². The van der Waals surface area contributed by atoms with Gasteiger partial charge in [-0.05, 0) is 17.7 Å². The van der Waals surface area contributed by atoms with Crippen LogP contribution in [-0.4, -0.2) is 26.1 Å². The van der Waals surface area contributed by atoms with Crippen LogP contribution in [0.1, 0.15) is 5.56 Å². The molecular formula is C20H17N5O2. The molecule has 0 bridgehead atoms. The van der Waals surface area contributed by atoms with Crippen molar-refractivity contribution in [2.45, 2.75) is 6.42 Å². The van der Waals surface area contributed by atoms with Crippen LogP contribution in [0.4, 0.5) is 5.95 Å². The Kier molecular flexibility index (Phi) is 4.49. The Labute approximate surface area is 155 Å². The number of ether oxygens (including phenoxy) is 1. The Hall–Kier alpha value is -3.74. The van der Waals surface area contributed by atoms with Gasteiger partial charge < -0.3 is 10.5 Å². The summed E-state index contributed by atoms with van der Waals surface area (Å²) in [5.74, 6) is 1.01. The van der Waals surface area contributed by atoms with Crippen LogP contribution in [0.2, 0.25) is 0 Å². The zero-order chi connectivity index (χ0) is 18.6. The molecule has 0 fully saturated rings. The van der Waals surface area contributed by atoms with Gasteiger partial charge in [0.1, 0.15) is 5.75 Å². The SMILES string of the molecule is Nc1nc2n(-c3cccc(OCCc4ccccc4)c3)ccnc-2c(=O)n1. The van der Waals surface area contributed by atoms with Crippen LogP contribution < -0.4 is 16.0 Å². The normalized spacial score (nSPS) is 10.8. The van der Waals surface area contributed by atoms with Gasteiger partial charge in [-0.15, -0.1) is 0 Å². The monoisotopic (exact) mass is 359 g/mol. The largest absolute Gasteiger partial charge is 0.493 e. The molecule has 0 saturated heterocycles. The molecule has 2 aromatic carbocycles. The zero-order valence-corrected chi connectivity index (χ0v) is 14.4. The Morgan fingerprint density at radius 3 is 2.74 bits per heavy atom. The Bertz CT molecular complexity index is 1090. The molecule has 0 aliphatic carbocycles. The van der Waals surface area contributed by atoms with E-state index in [1.54, 1.807) is 10.8 Å². The van der Waals surface area contributed by atoms with Crippen LogP contribution in [0.15, 0.2) is 71.8 Å². The average molecular weight is 359 g/mol. The van der Waals surface area contributed by atoms with Crippen LogP contribution in [0.25, 0.3) is 17.2 Å². The summed E-state index contributed by atoms with van der Waals surface area (Å²) in [4.78, 5) is 23.9. The van der Waals surface area contributed by atoms with Gasteiger partial charge in [0.25, 0.3) is 0 Å². The third kappa shape index (κ3) is 3.62. The molecule has 7 nitrogen and oxygen atoms in total. The molecule has 0 amide bonds. The molecule has 134 valence electrons. The topological polar surface area (TPSA) is 95.9 Å². The van der Waals surface area contributed by atoms with Crippen molar-refractivity contribution < 1.29 is 4.74 Å². The van der Waals surface area contributed by atoms with Crippen molar-refractivity contribution in [2.75, 3.05) is 12.3 Å². The first-order chi connectivity index (χ1) is 13.2. The summed E-state index contributed by atoms with van der Waals surface area (Å²) in [5.41, 5.74) is 7.31. The second-order valence-electron chi connectivity index (χ2n) is 5.94. The third-order valence-corrected chi connectivity index (χ3v) is 4.10. The summed E-state index contributed by atoms with van der Waals surface area (Å²) in [6, 6.07) is 17.7. The number of nitrogens with two attached hydrogens (primary N) is 1. The fourth-order valence-electron chi connectivity index (χ4n) is 2.83. The number of nitrogens with zero attached hydrogens (tertiary/aromatic N) is 4. The van der Waals surface area contributed by atoms with Crippen molar-refractivity contribution >= 4 is 5.95 Å². The van der Waals surface area contributed by atoms with Gasteiger partial charge >= 0.3 is 5.56 Å². The first-order valence-electron chi connectivity index (χ1n) is 8.49. The minimum atomic E-state index is -0.498. The van der Waals surface area contributed by atoms with Gasteiger partial charge in [0.15, 0.2) is 11.5 Å². The van der Waals surface area contributed by atoms with Crippen LogP contribution in [-0.2, 0) is 6.42 Å². The number of anilines is 1. The van der Waals surface area contributed by atoms with Crippen molar-refractivity contribution in [3.05, 3.63) is 82.9 Å². The van der Waals surface area contributed by atoms with E-state index < -0.39 is 5.56 Å². The van der Waals surface area contributed by atoms with E-state index in [0.717, 1.165) is 17.9 Å². The van der Waals surface area contributed by atoms with Crippen molar-refractivity contribution in [2.24, 2.45) is 0 Å². The molecule has 27 heavy (non-hydrogen) atoms. The number of nitrogen functional groups attached to an aromatic ring is 1. The minimum absolute atomic E-state index is 0.0792. The highest BCUT2D eigenvalue weighted by molar-refractivity contribution is 5.56.